The van der Waals surface area contributed by atoms with Gasteiger partial charge in [0.15, 0.2) is 0 Å². The van der Waals surface area contributed by atoms with E-state index in [9.17, 15) is 4.79 Å². The minimum absolute atomic E-state index is 0.0707. The number of carbonyl (C=O) groups is 1. The van der Waals surface area contributed by atoms with Crippen LogP contribution in [0.2, 0.25) is 0 Å². The summed E-state index contributed by atoms with van der Waals surface area (Å²) in [5.41, 5.74) is 2.35. The van der Waals surface area contributed by atoms with Gasteiger partial charge < -0.3 is 0 Å². The summed E-state index contributed by atoms with van der Waals surface area (Å²) < 4.78 is 0. The van der Waals surface area contributed by atoms with Crippen molar-refractivity contribution in [3.05, 3.63) is 12.7 Å². The van der Waals surface area contributed by atoms with Crippen molar-refractivity contribution in [2.24, 2.45) is 0 Å². The molecule has 1 amide bonds. The maximum absolute atomic E-state index is 10.6. The summed E-state index contributed by atoms with van der Waals surface area (Å²) in [4.78, 5) is 15.7. The molecule has 0 aromatic heterocycles. The highest BCUT2D eigenvalue weighted by Crippen LogP contribution is 2.07. The van der Waals surface area contributed by atoms with Crippen LogP contribution in [0.3, 0.4) is 0 Å². The molecule has 1 N–H and O–H groups in total. The quantitative estimate of drug-likeness (QED) is 0.487. The van der Waals surface area contributed by atoms with Gasteiger partial charge in [-0.1, -0.05) is 25.8 Å². The molecule has 13 heavy (non-hydrogen) atoms. The molecule has 0 fully saturated rings. The Morgan fingerprint density at radius 3 is 2.85 bits per heavy atom. The zero-order valence-electron chi connectivity index (χ0n) is 8.51. The lowest BCUT2D eigenvalue weighted by Crippen LogP contribution is -2.27. The van der Waals surface area contributed by atoms with E-state index in [-0.39, 0.29) is 12.0 Å². The molecule has 0 saturated carbocycles. The van der Waals surface area contributed by atoms with Crippen LogP contribution >= 0.6 is 0 Å². The van der Waals surface area contributed by atoms with E-state index in [1.165, 1.54) is 6.92 Å². The Labute approximate surface area is 80.1 Å². The van der Waals surface area contributed by atoms with Gasteiger partial charge in [-0.3, -0.25) is 9.63 Å². The number of hydrogen-bond acceptors (Lipinski definition) is 2. The summed E-state index contributed by atoms with van der Waals surface area (Å²) in [6, 6.07) is 0. The number of unbranched alkanes of at least 4 members (excludes halogenated alkanes) is 1. The summed E-state index contributed by atoms with van der Waals surface area (Å²) in [5.74, 6) is -0.162. The van der Waals surface area contributed by atoms with Crippen LogP contribution < -0.4 is 5.48 Å². The van der Waals surface area contributed by atoms with Crippen LogP contribution in [-0.2, 0) is 9.63 Å². The number of carbonyl (C=O) groups excluding carboxylic acids is 1. The van der Waals surface area contributed by atoms with Gasteiger partial charge in [-0.2, -0.15) is 0 Å². The monoisotopic (exact) mass is 185 g/mol. The van der Waals surface area contributed by atoms with Crippen LogP contribution in [0, 0.1) is 0 Å². The summed E-state index contributed by atoms with van der Waals surface area (Å²) in [6.45, 7) is 7.21. The summed E-state index contributed by atoms with van der Waals surface area (Å²) in [6.07, 6.45) is 5.86. The Kier molecular flexibility index (Phi) is 7.30. The first-order valence-corrected chi connectivity index (χ1v) is 4.73. The van der Waals surface area contributed by atoms with Gasteiger partial charge in [-0.05, 0) is 12.8 Å². The molecule has 3 heteroatoms. The minimum Gasteiger partial charge on any atom is -0.273 e. The molecular weight excluding hydrogens is 166 g/mol. The Hall–Kier alpha value is -0.830. The fourth-order valence-corrected chi connectivity index (χ4v) is 1.01. The average Bonchev–Trinajstić information content (AvgIpc) is 2.09. The molecule has 0 spiro atoms. The van der Waals surface area contributed by atoms with Gasteiger partial charge >= 0.3 is 0 Å². The second-order valence-corrected chi connectivity index (χ2v) is 3.06. The van der Waals surface area contributed by atoms with Crippen LogP contribution in [0.5, 0.6) is 0 Å². The molecule has 0 aliphatic carbocycles. The minimum atomic E-state index is -0.162. The number of hydrogen-bond donors (Lipinski definition) is 1. The zero-order valence-corrected chi connectivity index (χ0v) is 8.51. The molecule has 0 aliphatic heterocycles. The number of rotatable bonds is 7. The molecule has 0 aliphatic rings. The first kappa shape index (κ1) is 12.2. The van der Waals surface area contributed by atoms with E-state index in [1.807, 2.05) is 6.08 Å². The average molecular weight is 185 g/mol. The third-order valence-corrected chi connectivity index (χ3v) is 1.68. The topological polar surface area (TPSA) is 38.3 Å². The zero-order chi connectivity index (χ0) is 10.1. The molecule has 0 rings (SSSR count). The van der Waals surface area contributed by atoms with Gasteiger partial charge in [0.25, 0.3) is 0 Å². The van der Waals surface area contributed by atoms with E-state index >= 15 is 0 Å². The standard InChI is InChI=1S/C10H19NO2/c1-4-6-8-10(7-5-2)13-11-9(3)12/h5,10H,2,4,6-8H2,1,3H3,(H,11,12)/t10-/m1/s1. The summed E-state index contributed by atoms with van der Waals surface area (Å²) in [5, 5.41) is 0. The molecular formula is C10H19NO2. The van der Waals surface area contributed by atoms with Crippen molar-refractivity contribution in [3.63, 3.8) is 0 Å². The van der Waals surface area contributed by atoms with E-state index in [0.29, 0.717) is 0 Å². The van der Waals surface area contributed by atoms with Gasteiger partial charge in [0.1, 0.15) is 0 Å². The summed E-state index contributed by atoms with van der Waals surface area (Å²) >= 11 is 0. The molecule has 0 aromatic rings. The molecule has 3 nitrogen and oxygen atoms in total. The van der Waals surface area contributed by atoms with Crippen molar-refractivity contribution >= 4 is 5.91 Å². The molecule has 1 atom stereocenters. The first-order valence-electron chi connectivity index (χ1n) is 4.73. The van der Waals surface area contributed by atoms with Crippen LogP contribution in [0.15, 0.2) is 12.7 Å². The van der Waals surface area contributed by atoms with Crippen molar-refractivity contribution in [1.82, 2.24) is 5.48 Å². The largest absolute Gasteiger partial charge is 0.273 e. The fraction of sp³-hybridized carbons (Fsp3) is 0.700. The van der Waals surface area contributed by atoms with Crippen molar-refractivity contribution in [2.45, 2.75) is 45.6 Å². The van der Waals surface area contributed by atoms with Crippen molar-refractivity contribution in [1.29, 1.82) is 0 Å². The van der Waals surface area contributed by atoms with Gasteiger partial charge in [-0.15, -0.1) is 6.58 Å². The highest BCUT2D eigenvalue weighted by atomic mass is 16.7. The molecule has 76 valence electrons. The van der Waals surface area contributed by atoms with Gasteiger partial charge in [-0.25, -0.2) is 5.48 Å². The Morgan fingerprint density at radius 2 is 2.38 bits per heavy atom. The maximum Gasteiger partial charge on any atom is 0.240 e. The number of nitrogens with one attached hydrogen (secondary N) is 1. The normalized spacial score (nSPS) is 12.2. The highest BCUT2D eigenvalue weighted by molar-refractivity contribution is 5.71. The lowest BCUT2D eigenvalue weighted by atomic mass is 10.1. The Morgan fingerprint density at radius 1 is 1.69 bits per heavy atom. The smallest absolute Gasteiger partial charge is 0.240 e. The predicted octanol–water partition coefficient (Wildman–Crippen LogP) is 2.19. The molecule has 0 bridgehead atoms. The molecule has 0 heterocycles. The molecule has 0 radical (unpaired) electrons. The van der Waals surface area contributed by atoms with Crippen molar-refractivity contribution in [2.75, 3.05) is 0 Å². The third kappa shape index (κ3) is 7.53. The van der Waals surface area contributed by atoms with Gasteiger partial charge in [0, 0.05) is 6.92 Å². The van der Waals surface area contributed by atoms with Crippen LogP contribution in [0.1, 0.15) is 39.5 Å². The third-order valence-electron chi connectivity index (χ3n) is 1.68. The van der Waals surface area contributed by atoms with Crippen molar-refractivity contribution in [3.8, 4) is 0 Å². The van der Waals surface area contributed by atoms with Crippen LogP contribution in [0.4, 0.5) is 0 Å². The van der Waals surface area contributed by atoms with E-state index < -0.39 is 0 Å². The lowest BCUT2D eigenvalue weighted by molar-refractivity contribution is -0.136. The fourth-order valence-electron chi connectivity index (χ4n) is 1.01. The van der Waals surface area contributed by atoms with E-state index in [2.05, 4.69) is 19.0 Å². The lowest BCUT2D eigenvalue weighted by Gasteiger charge is -2.14. The number of amides is 1. The second kappa shape index (κ2) is 7.80. The van der Waals surface area contributed by atoms with Crippen molar-refractivity contribution < 1.29 is 9.63 Å². The second-order valence-electron chi connectivity index (χ2n) is 3.06. The molecule has 0 saturated heterocycles. The molecule has 0 aromatic carbocycles. The maximum atomic E-state index is 10.6. The number of hydroxylamine groups is 1. The SMILES string of the molecule is C=CC[C@H](CCCC)ONC(C)=O. The van der Waals surface area contributed by atoms with Gasteiger partial charge in [0.05, 0.1) is 6.10 Å². The van der Waals surface area contributed by atoms with E-state index in [1.54, 1.807) is 0 Å². The molecule has 0 unspecified atom stereocenters. The van der Waals surface area contributed by atoms with Gasteiger partial charge in [0.2, 0.25) is 5.91 Å². The van der Waals surface area contributed by atoms with Crippen LogP contribution in [0.25, 0.3) is 0 Å². The Bertz CT molecular complexity index is 157. The highest BCUT2D eigenvalue weighted by Gasteiger charge is 2.07. The predicted molar refractivity (Wildman–Crippen MR) is 53.0 cm³/mol. The van der Waals surface area contributed by atoms with E-state index in [0.717, 1.165) is 25.7 Å². The van der Waals surface area contributed by atoms with Crippen LogP contribution in [-0.4, -0.2) is 12.0 Å². The van der Waals surface area contributed by atoms with E-state index in [4.69, 9.17) is 4.84 Å². The summed E-state index contributed by atoms with van der Waals surface area (Å²) in [7, 11) is 0. The first-order chi connectivity index (χ1) is 6.20. The Balaban J connectivity index is 3.65.